The predicted molar refractivity (Wildman–Crippen MR) is 108 cm³/mol. The van der Waals surface area contributed by atoms with Crippen molar-refractivity contribution in [3.63, 3.8) is 0 Å². The Kier molecular flexibility index (Phi) is 7.61. The van der Waals surface area contributed by atoms with Crippen molar-refractivity contribution in [2.24, 2.45) is 10.9 Å². The summed E-state index contributed by atoms with van der Waals surface area (Å²) >= 11 is 1.87. The van der Waals surface area contributed by atoms with Gasteiger partial charge in [0.1, 0.15) is 0 Å². The van der Waals surface area contributed by atoms with Gasteiger partial charge >= 0.3 is 0 Å². The highest BCUT2D eigenvalue weighted by atomic mass is 32.1. The highest BCUT2D eigenvalue weighted by Gasteiger charge is 2.20. The summed E-state index contributed by atoms with van der Waals surface area (Å²) in [5, 5.41) is 9.30. The van der Waals surface area contributed by atoms with Crippen LogP contribution in [0.5, 0.6) is 0 Å². The Balaban J connectivity index is 1.48. The molecule has 5 heteroatoms. The normalized spacial score (nSPS) is 23.6. The fourth-order valence-corrected chi connectivity index (χ4v) is 4.79. The van der Waals surface area contributed by atoms with Crippen molar-refractivity contribution in [1.82, 2.24) is 15.5 Å². The van der Waals surface area contributed by atoms with E-state index in [-0.39, 0.29) is 0 Å². The number of aliphatic imine (C=N–C) groups is 1. The van der Waals surface area contributed by atoms with Crippen molar-refractivity contribution in [3.05, 3.63) is 22.4 Å². The third-order valence-electron chi connectivity index (χ3n) is 5.36. The number of hydrogen-bond donors (Lipinski definition) is 2. The summed E-state index contributed by atoms with van der Waals surface area (Å²) in [6.45, 7) is 7.57. The van der Waals surface area contributed by atoms with Crippen molar-refractivity contribution in [2.75, 3.05) is 26.2 Å². The molecule has 1 aromatic heterocycles. The lowest BCUT2D eigenvalue weighted by Crippen LogP contribution is -2.44. The van der Waals surface area contributed by atoms with Crippen LogP contribution in [0.25, 0.3) is 0 Å². The molecule has 1 aromatic rings. The van der Waals surface area contributed by atoms with Crippen molar-refractivity contribution in [3.8, 4) is 0 Å². The molecule has 2 fully saturated rings. The lowest BCUT2D eigenvalue weighted by molar-refractivity contribution is 0.172. The molecule has 0 aromatic carbocycles. The summed E-state index contributed by atoms with van der Waals surface area (Å²) < 4.78 is 0. The topological polar surface area (TPSA) is 39.7 Å². The molecule has 1 aliphatic heterocycles. The van der Waals surface area contributed by atoms with Gasteiger partial charge in [-0.1, -0.05) is 25.3 Å². The van der Waals surface area contributed by atoms with E-state index in [9.17, 15) is 0 Å². The van der Waals surface area contributed by atoms with Gasteiger partial charge in [-0.3, -0.25) is 9.89 Å². The Morgan fingerprint density at radius 3 is 2.88 bits per heavy atom. The molecule has 1 atom stereocenters. The zero-order valence-electron chi connectivity index (χ0n) is 15.7. The van der Waals surface area contributed by atoms with E-state index in [1.807, 2.05) is 11.3 Å². The molecule has 0 radical (unpaired) electrons. The molecule has 2 N–H and O–H groups in total. The van der Waals surface area contributed by atoms with Gasteiger partial charge < -0.3 is 10.6 Å². The number of nitrogens with one attached hydrogen (secondary N) is 2. The summed E-state index contributed by atoms with van der Waals surface area (Å²) in [7, 11) is 0. The van der Waals surface area contributed by atoms with Crippen LogP contribution in [0, 0.1) is 5.92 Å². The number of piperidine rings is 1. The minimum atomic E-state index is 0.619. The maximum absolute atomic E-state index is 4.93. The Bertz CT molecular complexity index is 508. The van der Waals surface area contributed by atoms with E-state index in [4.69, 9.17) is 4.99 Å². The minimum Gasteiger partial charge on any atom is -0.357 e. The molecular formula is C20H34N4S. The summed E-state index contributed by atoms with van der Waals surface area (Å²) in [6.07, 6.45) is 9.32. The molecule has 25 heavy (non-hydrogen) atoms. The first-order valence-electron chi connectivity index (χ1n) is 10.1. The Hall–Kier alpha value is -1.07. The third-order valence-corrected chi connectivity index (χ3v) is 6.22. The van der Waals surface area contributed by atoms with Gasteiger partial charge in [0.2, 0.25) is 0 Å². The second-order valence-electron chi connectivity index (χ2n) is 7.52. The summed E-state index contributed by atoms with van der Waals surface area (Å²) in [6, 6.07) is 5.03. The van der Waals surface area contributed by atoms with Crippen molar-refractivity contribution in [2.45, 2.75) is 64.5 Å². The fraction of sp³-hybridized carbons (Fsp3) is 0.750. The van der Waals surface area contributed by atoms with Gasteiger partial charge in [-0.25, -0.2) is 0 Å². The van der Waals surface area contributed by atoms with Gasteiger partial charge in [-0.2, -0.15) is 0 Å². The SMILES string of the molecule is CCNC(=NCC1CCCN(Cc2cccs2)C1)NC1CCCCC1. The molecule has 0 spiro atoms. The van der Waals surface area contributed by atoms with Crippen molar-refractivity contribution < 1.29 is 0 Å². The lowest BCUT2D eigenvalue weighted by Gasteiger charge is -2.32. The second kappa shape index (κ2) is 10.2. The van der Waals surface area contributed by atoms with Crippen LogP contribution in [0.4, 0.5) is 0 Å². The van der Waals surface area contributed by atoms with Gasteiger partial charge in [-0.05, 0) is 56.5 Å². The van der Waals surface area contributed by atoms with E-state index in [1.54, 1.807) is 0 Å². The molecule has 0 amide bonds. The quantitative estimate of drug-likeness (QED) is 0.596. The number of likely N-dealkylation sites (tertiary alicyclic amines) is 1. The molecule has 3 rings (SSSR count). The smallest absolute Gasteiger partial charge is 0.191 e. The molecule has 1 saturated heterocycles. The first-order valence-corrected chi connectivity index (χ1v) is 11.0. The number of thiophene rings is 1. The molecule has 2 heterocycles. The van der Waals surface area contributed by atoms with Crippen LogP contribution in [-0.2, 0) is 6.54 Å². The molecule has 1 aliphatic carbocycles. The first-order chi connectivity index (χ1) is 12.3. The third kappa shape index (κ3) is 6.30. The zero-order valence-corrected chi connectivity index (χ0v) is 16.5. The van der Waals surface area contributed by atoms with E-state index >= 15 is 0 Å². The standard InChI is InChI=1S/C20H34N4S/c1-2-21-20(23-18-9-4-3-5-10-18)22-14-17-8-6-12-24(15-17)16-19-11-7-13-25-19/h7,11,13,17-18H,2-6,8-10,12,14-16H2,1H3,(H2,21,22,23). The van der Waals surface area contributed by atoms with Gasteiger partial charge in [0.25, 0.3) is 0 Å². The average Bonchev–Trinajstić information content (AvgIpc) is 3.14. The van der Waals surface area contributed by atoms with E-state index in [0.717, 1.165) is 25.6 Å². The zero-order chi connectivity index (χ0) is 17.3. The molecule has 1 saturated carbocycles. The number of rotatable bonds is 6. The minimum absolute atomic E-state index is 0.619. The largest absolute Gasteiger partial charge is 0.357 e. The summed E-state index contributed by atoms with van der Waals surface area (Å²) in [5.41, 5.74) is 0. The lowest BCUT2D eigenvalue weighted by atomic mass is 9.96. The van der Waals surface area contributed by atoms with Gasteiger partial charge in [0, 0.05) is 37.1 Å². The van der Waals surface area contributed by atoms with Crippen LogP contribution < -0.4 is 10.6 Å². The van der Waals surface area contributed by atoms with Gasteiger partial charge in [0.05, 0.1) is 0 Å². The average molecular weight is 363 g/mol. The van der Waals surface area contributed by atoms with Crippen LogP contribution >= 0.6 is 11.3 Å². The first kappa shape index (κ1) is 18.7. The Morgan fingerprint density at radius 2 is 2.12 bits per heavy atom. The Morgan fingerprint density at radius 1 is 1.24 bits per heavy atom. The Labute approximate surface area is 157 Å². The monoisotopic (exact) mass is 362 g/mol. The van der Waals surface area contributed by atoms with Crippen LogP contribution in [0.3, 0.4) is 0 Å². The maximum Gasteiger partial charge on any atom is 0.191 e. The fourth-order valence-electron chi connectivity index (χ4n) is 4.05. The van der Waals surface area contributed by atoms with E-state index in [2.05, 4.69) is 40.0 Å². The highest BCUT2D eigenvalue weighted by molar-refractivity contribution is 7.09. The number of nitrogens with zero attached hydrogens (tertiary/aromatic N) is 2. The van der Waals surface area contributed by atoms with Crippen LogP contribution in [0.15, 0.2) is 22.5 Å². The van der Waals surface area contributed by atoms with E-state index in [0.29, 0.717) is 12.0 Å². The highest BCUT2D eigenvalue weighted by Crippen LogP contribution is 2.21. The van der Waals surface area contributed by atoms with Crippen LogP contribution in [0.1, 0.15) is 56.7 Å². The maximum atomic E-state index is 4.93. The van der Waals surface area contributed by atoms with E-state index in [1.165, 1.54) is 62.9 Å². The number of hydrogen-bond acceptors (Lipinski definition) is 3. The van der Waals surface area contributed by atoms with E-state index < -0.39 is 0 Å². The molecule has 140 valence electrons. The molecule has 4 nitrogen and oxygen atoms in total. The van der Waals surface area contributed by atoms with Crippen LogP contribution in [-0.4, -0.2) is 43.1 Å². The van der Waals surface area contributed by atoms with Crippen LogP contribution in [0.2, 0.25) is 0 Å². The summed E-state index contributed by atoms with van der Waals surface area (Å²) in [4.78, 5) is 9.02. The van der Waals surface area contributed by atoms with Gasteiger partial charge in [0.15, 0.2) is 5.96 Å². The van der Waals surface area contributed by atoms with Crippen molar-refractivity contribution >= 4 is 17.3 Å². The second-order valence-corrected chi connectivity index (χ2v) is 8.55. The molecule has 0 bridgehead atoms. The number of guanidine groups is 1. The van der Waals surface area contributed by atoms with Gasteiger partial charge in [-0.15, -0.1) is 11.3 Å². The molecule has 2 aliphatic rings. The predicted octanol–water partition coefficient (Wildman–Crippen LogP) is 3.85. The van der Waals surface area contributed by atoms with Crippen molar-refractivity contribution in [1.29, 1.82) is 0 Å². The molecular weight excluding hydrogens is 328 g/mol. The summed E-state index contributed by atoms with van der Waals surface area (Å²) in [5.74, 6) is 1.72. The molecule has 1 unspecified atom stereocenters.